The Balaban J connectivity index is 1.42. The quantitative estimate of drug-likeness (QED) is 0.156. The third-order valence-corrected chi connectivity index (χ3v) is 8.45. The van der Waals surface area contributed by atoms with Gasteiger partial charge in [0, 0.05) is 22.6 Å². The van der Waals surface area contributed by atoms with Gasteiger partial charge in [0.1, 0.15) is 5.82 Å². The second-order valence-electron chi connectivity index (χ2n) is 11.9. The fourth-order valence-electron chi connectivity index (χ4n) is 6.12. The first kappa shape index (κ1) is 32.3. The van der Waals surface area contributed by atoms with Crippen molar-refractivity contribution in [2.75, 3.05) is 10.2 Å². The molecule has 1 aliphatic rings. The molecule has 48 heavy (non-hydrogen) atoms. The predicted octanol–water partition coefficient (Wildman–Crippen LogP) is 12.2. The van der Waals surface area contributed by atoms with Crippen molar-refractivity contribution < 1.29 is 0 Å². The molecule has 0 radical (unpaired) electrons. The highest BCUT2D eigenvalue weighted by Gasteiger charge is 2.20. The minimum atomic E-state index is 0.789. The molecule has 0 unspecified atom stereocenters. The maximum atomic E-state index is 5.46. The zero-order valence-corrected chi connectivity index (χ0v) is 27.9. The molecule has 0 amide bonds. The van der Waals surface area contributed by atoms with Gasteiger partial charge in [0.05, 0.1) is 11.4 Å². The Hall–Kier alpha value is -5.67. The van der Waals surface area contributed by atoms with Gasteiger partial charge in [-0.25, -0.2) is 4.99 Å². The predicted molar refractivity (Wildman–Crippen MR) is 207 cm³/mol. The molecule has 0 bridgehead atoms. The van der Waals surface area contributed by atoms with Crippen LogP contribution in [0.2, 0.25) is 0 Å². The van der Waals surface area contributed by atoms with Crippen molar-refractivity contribution in [2.45, 2.75) is 39.5 Å². The van der Waals surface area contributed by atoms with Crippen LogP contribution in [0.5, 0.6) is 0 Å². The van der Waals surface area contributed by atoms with Gasteiger partial charge in [0.15, 0.2) is 0 Å². The summed E-state index contributed by atoms with van der Waals surface area (Å²) in [5.74, 6) is 0.888. The van der Waals surface area contributed by atoms with E-state index in [1.54, 1.807) is 0 Å². The van der Waals surface area contributed by atoms with E-state index in [0.717, 1.165) is 76.7 Å². The summed E-state index contributed by atoms with van der Waals surface area (Å²) < 4.78 is 0. The van der Waals surface area contributed by atoms with Crippen molar-refractivity contribution >= 4 is 28.3 Å². The van der Waals surface area contributed by atoms with Gasteiger partial charge in [-0.05, 0) is 83.5 Å². The molecule has 1 N–H and O–H groups in total. The lowest BCUT2D eigenvalue weighted by molar-refractivity contribution is 0.971. The number of fused-ring (bicyclic) bond motifs is 1. The molecule has 0 saturated heterocycles. The standard InChI is InChI=1S/C45H43N3/c1-4-17-42(37-31-29-36(30-32-37)35-19-8-6-9-20-35)47-45(18-5-2)48-34(3)33-39(23-16-22-38-21-12-15-28-44(38)48)41-26-13-14-27-43(41)46-40-24-10-7-11-25-40/h6-16,18-21,23-33,46H,3-5,17,22H2,1-2H3/b23-16-,39-33+,45-18-,47-42?. The number of aliphatic imine (C=N–C) groups is 1. The summed E-state index contributed by atoms with van der Waals surface area (Å²) in [6, 6.07) is 46.7. The third-order valence-electron chi connectivity index (χ3n) is 8.45. The van der Waals surface area contributed by atoms with Crippen LogP contribution in [0.3, 0.4) is 0 Å². The largest absolute Gasteiger partial charge is 0.355 e. The summed E-state index contributed by atoms with van der Waals surface area (Å²) in [5.41, 5.74) is 12.1. The van der Waals surface area contributed by atoms with E-state index in [0.29, 0.717) is 0 Å². The number of hydrogen-bond donors (Lipinski definition) is 1. The highest BCUT2D eigenvalue weighted by molar-refractivity contribution is 6.02. The van der Waals surface area contributed by atoms with Gasteiger partial charge in [0.2, 0.25) is 0 Å². The van der Waals surface area contributed by atoms with E-state index in [-0.39, 0.29) is 0 Å². The molecule has 5 aromatic carbocycles. The monoisotopic (exact) mass is 625 g/mol. The molecule has 0 atom stereocenters. The lowest BCUT2D eigenvalue weighted by atomic mass is 10.0. The van der Waals surface area contributed by atoms with Crippen LogP contribution in [0.1, 0.15) is 49.8 Å². The molecule has 6 rings (SSSR count). The van der Waals surface area contributed by atoms with E-state index in [2.05, 4.69) is 170 Å². The lowest BCUT2D eigenvalue weighted by Gasteiger charge is -2.28. The molecule has 3 heteroatoms. The van der Waals surface area contributed by atoms with Gasteiger partial charge in [-0.15, -0.1) is 0 Å². The van der Waals surface area contributed by atoms with Crippen molar-refractivity contribution in [1.82, 2.24) is 0 Å². The number of nitrogens with zero attached hydrogens (tertiary/aromatic N) is 2. The number of hydrogen-bond acceptors (Lipinski definition) is 3. The average Bonchev–Trinajstić information content (AvgIpc) is 3.19. The Morgan fingerprint density at radius 3 is 2.19 bits per heavy atom. The summed E-state index contributed by atoms with van der Waals surface area (Å²) in [7, 11) is 0. The summed E-state index contributed by atoms with van der Waals surface area (Å²) in [5, 5.41) is 3.63. The van der Waals surface area contributed by atoms with Crippen LogP contribution in [0.25, 0.3) is 16.7 Å². The Morgan fingerprint density at radius 2 is 1.44 bits per heavy atom. The minimum Gasteiger partial charge on any atom is -0.355 e. The highest BCUT2D eigenvalue weighted by atomic mass is 15.2. The molecule has 5 aromatic rings. The van der Waals surface area contributed by atoms with E-state index < -0.39 is 0 Å². The van der Waals surface area contributed by atoms with E-state index >= 15 is 0 Å². The normalized spacial score (nSPS) is 15.4. The zero-order chi connectivity index (χ0) is 33.1. The molecular weight excluding hydrogens is 583 g/mol. The fraction of sp³-hybridized carbons (Fsp3) is 0.133. The molecule has 0 spiro atoms. The van der Waals surface area contributed by atoms with Crippen molar-refractivity contribution in [1.29, 1.82) is 0 Å². The second kappa shape index (κ2) is 15.8. The molecule has 1 aliphatic heterocycles. The van der Waals surface area contributed by atoms with E-state index in [4.69, 9.17) is 4.99 Å². The molecule has 0 saturated carbocycles. The third kappa shape index (κ3) is 7.65. The maximum Gasteiger partial charge on any atom is 0.133 e. The molecule has 238 valence electrons. The Labute approximate surface area is 286 Å². The van der Waals surface area contributed by atoms with Crippen LogP contribution in [0.15, 0.2) is 181 Å². The fourth-order valence-corrected chi connectivity index (χ4v) is 6.12. The van der Waals surface area contributed by atoms with Crippen molar-refractivity contribution in [3.8, 4) is 11.1 Å². The van der Waals surface area contributed by atoms with Crippen LogP contribution in [0, 0.1) is 0 Å². The maximum absolute atomic E-state index is 5.46. The van der Waals surface area contributed by atoms with Gasteiger partial charge in [-0.2, -0.15) is 0 Å². The van der Waals surface area contributed by atoms with Crippen LogP contribution in [-0.4, -0.2) is 5.71 Å². The first-order chi connectivity index (χ1) is 23.6. The van der Waals surface area contributed by atoms with Crippen molar-refractivity contribution in [3.05, 3.63) is 193 Å². The Kier molecular flexibility index (Phi) is 10.6. The SMILES string of the molecule is C=C1/C=C(c2ccccc2Nc2ccccc2)\C=C/Cc2ccccc2N1/C(=C\CC)N=C(CCC)c1ccc(-c2ccccc2)cc1. The van der Waals surface area contributed by atoms with E-state index in [9.17, 15) is 0 Å². The number of benzene rings is 5. The molecular formula is C45H43N3. The van der Waals surface area contributed by atoms with Gasteiger partial charge in [-0.1, -0.05) is 148 Å². The number of para-hydroxylation sites is 3. The van der Waals surface area contributed by atoms with Crippen LogP contribution in [0.4, 0.5) is 17.1 Å². The summed E-state index contributed by atoms with van der Waals surface area (Å²) in [4.78, 5) is 7.70. The second-order valence-corrected chi connectivity index (χ2v) is 11.9. The Bertz CT molecular complexity index is 1960. The van der Waals surface area contributed by atoms with Gasteiger partial charge in [-0.3, -0.25) is 4.90 Å². The molecule has 0 fully saturated rings. The molecule has 3 nitrogen and oxygen atoms in total. The number of anilines is 3. The van der Waals surface area contributed by atoms with E-state index in [1.807, 2.05) is 18.2 Å². The first-order valence-corrected chi connectivity index (χ1v) is 16.9. The molecule has 1 heterocycles. The van der Waals surface area contributed by atoms with E-state index in [1.165, 1.54) is 16.7 Å². The van der Waals surface area contributed by atoms with Crippen molar-refractivity contribution in [2.24, 2.45) is 4.99 Å². The van der Waals surface area contributed by atoms with Crippen LogP contribution < -0.4 is 10.2 Å². The zero-order valence-electron chi connectivity index (χ0n) is 27.9. The number of nitrogens with one attached hydrogen (secondary N) is 1. The van der Waals surface area contributed by atoms with Gasteiger partial charge >= 0.3 is 0 Å². The highest BCUT2D eigenvalue weighted by Crippen LogP contribution is 2.35. The number of allylic oxidation sites excluding steroid dienone is 5. The first-order valence-electron chi connectivity index (χ1n) is 16.9. The van der Waals surface area contributed by atoms with Gasteiger partial charge < -0.3 is 5.32 Å². The van der Waals surface area contributed by atoms with Gasteiger partial charge in [0.25, 0.3) is 0 Å². The minimum absolute atomic E-state index is 0.789. The molecule has 0 aromatic heterocycles. The number of rotatable bonds is 10. The summed E-state index contributed by atoms with van der Waals surface area (Å²) >= 11 is 0. The summed E-state index contributed by atoms with van der Waals surface area (Å²) in [6.45, 7) is 9.07. The molecule has 0 aliphatic carbocycles. The Morgan fingerprint density at radius 1 is 0.771 bits per heavy atom. The average molecular weight is 626 g/mol. The van der Waals surface area contributed by atoms with Crippen LogP contribution in [-0.2, 0) is 6.42 Å². The lowest BCUT2D eigenvalue weighted by Crippen LogP contribution is -2.22. The topological polar surface area (TPSA) is 27.6 Å². The van der Waals surface area contributed by atoms with Crippen molar-refractivity contribution in [3.63, 3.8) is 0 Å². The van der Waals surface area contributed by atoms with Crippen LogP contribution >= 0.6 is 0 Å². The smallest absolute Gasteiger partial charge is 0.133 e. The summed E-state index contributed by atoms with van der Waals surface area (Å²) in [6.07, 6.45) is 12.4.